The standard InChI is InChI=1S/C9H5N3O2/c10-5-7-6-11(13)8-3-1-2-4-9(8)12(7)14/h1-4,6H. The zero-order valence-electron chi connectivity index (χ0n) is 7.04. The van der Waals surface area contributed by atoms with Crippen LogP contribution < -0.4 is 4.43 Å². The molecule has 0 aliphatic heterocycles. The van der Waals surface area contributed by atoms with Crippen molar-refractivity contribution in [3.63, 3.8) is 0 Å². The fraction of sp³-hybridized carbons (Fsp3) is 0. The molecule has 5 nitrogen and oxygen atoms in total. The van der Waals surface area contributed by atoms with E-state index in [9.17, 15) is 10.1 Å². The summed E-state index contributed by atoms with van der Waals surface area (Å²) in [6, 6.07) is 7.97. The van der Waals surface area contributed by atoms with Gasteiger partial charge in [0.25, 0.3) is 11.7 Å². The molecular formula is C9H5N3O2. The lowest BCUT2D eigenvalue weighted by Crippen LogP contribution is -2.18. The van der Waals surface area contributed by atoms with Gasteiger partial charge < -0.3 is 9.94 Å². The van der Waals surface area contributed by atoms with Gasteiger partial charge in [0, 0.05) is 11.0 Å². The van der Waals surface area contributed by atoms with Crippen molar-refractivity contribution in [3.8, 4) is 6.07 Å². The second-order valence-electron chi connectivity index (χ2n) is 2.74. The lowest BCUT2D eigenvalue weighted by molar-refractivity contribution is -0.464. The van der Waals surface area contributed by atoms with E-state index in [1.807, 2.05) is 0 Å². The van der Waals surface area contributed by atoms with Crippen LogP contribution in [0.5, 0.6) is 0 Å². The van der Waals surface area contributed by atoms with E-state index in [4.69, 9.17) is 5.26 Å². The molecule has 0 unspecified atom stereocenters. The molecule has 1 aromatic carbocycles. The number of rotatable bonds is 0. The monoisotopic (exact) mass is 187 g/mol. The normalized spacial score (nSPS) is 9.93. The lowest BCUT2D eigenvalue weighted by atomic mass is 10.3. The molecule has 0 atom stereocenters. The number of benzene rings is 1. The van der Waals surface area contributed by atoms with Crippen LogP contribution in [0.2, 0.25) is 0 Å². The molecule has 2 rings (SSSR count). The smallest absolute Gasteiger partial charge is 0.286 e. The van der Waals surface area contributed by atoms with Crippen LogP contribution in [0.25, 0.3) is 11.0 Å². The summed E-state index contributed by atoms with van der Waals surface area (Å²) in [6.45, 7) is 0. The molecule has 68 valence electrons. The van der Waals surface area contributed by atoms with Crippen molar-refractivity contribution in [2.45, 2.75) is 0 Å². The molecule has 0 saturated heterocycles. The van der Waals surface area contributed by atoms with E-state index in [1.165, 1.54) is 12.1 Å². The Morgan fingerprint density at radius 3 is 2.86 bits per heavy atom. The number of hydrogen-bond acceptors (Lipinski definition) is 3. The molecule has 14 heavy (non-hydrogen) atoms. The Bertz CT molecular complexity index is 595. The molecule has 0 spiro atoms. The first kappa shape index (κ1) is 8.26. The molecule has 0 fully saturated rings. The summed E-state index contributed by atoms with van der Waals surface area (Å²) in [5.41, 5.74) is 0.238. The zero-order valence-corrected chi connectivity index (χ0v) is 7.04. The van der Waals surface area contributed by atoms with Crippen molar-refractivity contribution < 1.29 is 4.43 Å². The molecule has 1 aromatic heterocycles. The molecule has 1 heterocycles. The predicted octanol–water partition coefficient (Wildman–Crippen LogP) is 0.773. The molecule has 0 saturated carbocycles. The van der Waals surface area contributed by atoms with Gasteiger partial charge in [-0.25, -0.2) is 0 Å². The summed E-state index contributed by atoms with van der Waals surface area (Å²) in [5, 5.41) is 20.0. The first-order chi connectivity index (χ1) is 6.74. The summed E-state index contributed by atoms with van der Waals surface area (Å²) >= 11 is 0. The van der Waals surface area contributed by atoms with E-state index in [0.717, 1.165) is 6.20 Å². The molecule has 0 aliphatic carbocycles. The van der Waals surface area contributed by atoms with Crippen LogP contribution in [0.1, 0.15) is 5.69 Å². The first-order valence-electron chi connectivity index (χ1n) is 3.88. The van der Waals surface area contributed by atoms with E-state index in [-0.39, 0.29) is 16.7 Å². The third-order valence-electron chi connectivity index (χ3n) is 1.91. The van der Waals surface area contributed by atoms with Gasteiger partial charge in [0.15, 0.2) is 5.69 Å². The Morgan fingerprint density at radius 1 is 1.43 bits per heavy atom. The Balaban J connectivity index is 3.04. The van der Waals surface area contributed by atoms with E-state index >= 15 is 0 Å². The van der Waals surface area contributed by atoms with Crippen LogP contribution in [-0.4, -0.2) is 4.73 Å². The Morgan fingerprint density at radius 2 is 2.14 bits per heavy atom. The molecular weight excluding hydrogens is 182 g/mol. The van der Waals surface area contributed by atoms with Crippen molar-refractivity contribution in [1.82, 2.24) is 4.73 Å². The number of hydrogen-bond donors (Lipinski definition) is 0. The highest BCUT2D eigenvalue weighted by Gasteiger charge is 2.09. The molecule has 5 heteroatoms. The van der Waals surface area contributed by atoms with E-state index < -0.39 is 0 Å². The Labute approximate surface area is 78.6 Å². The Hall–Kier alpha value is -2.35. The van der Waals surface area contributed by atoms with Gasteiger partial charge in [0.1, 0.15) is 11.6 Å². The van der Waals surface area contributed by atoms with Crippen molar-refractivity contribution >= 4 is 11.0 Å². The van der Waals surface area contributed by atoms with Crippen molar-refractivity contribution in [3.05, 3.63) is 46.3 Å². The maximum absolute atomic E-state index is 11.5. The molecule has 0 bridgehead atoms. The summed E-state index contributed by atoms with van der Waals surface area (Å²) in [6.07, 6.45) is 0.968. The molecule has 0 radical (unpaired) electrons. The number of aromatic nitrogens is 2. The fourth-order valence-corrected chi connectivity index (χ4v) is 1.26. The van der Waals surface area contributed by atoms with Crippen LogP contribution >= 0.6 is 0 Å². The minimum atomic E-state index is -0.210. The van der Waals surface area contributed by atoms with Crippen LogP contribution in [0.15, 0.2) is 30.5 Å². The number of nitrogens with zero attached hydrogens (tertiary/aromatic N) is 3. The minimum absolute atomic E-state index is 0.196. The van der Waals surface area contributed by atoms with Crippen LogP contribution in [0, 0.1) is 21.4 Å². The van der Waals surface area contributed by atoms with E-state index in [2.05, 4.69) is 0 Å². The first-order valence-corrected chi connectivity index (χ1v) is 3.88. The van der Waals surface area contributed by atoms with Crippen molar-refractivity contribution in [1.29, 1.82) is 5.26 Å². The minimum Gasteiger partial charge on any atom is -0.804 e. The maximum Gasteiger partial charge on any atom is 0.286 e. The van der Waals surface area contributed by atoms with Gasteiger partial charge in [-0.05, 0) is 6.07 Å². The van der Waals surface area contributed by atoms with Crippen molar-refractivity contribution in [2.24, 2.45) is 0 Å². The molecule has 2 aromatic rings. The number of fused-ring (bicyclic) bond motifs is 1. The third kappa shape index (κ3) is 1.02. The predicted molar refractivity (Wildman–Crippen MR) is 48.8 cm³/mol. The molecule has 0 N–H and O–H groups in total. The quantitative estimate of drug-likeness (QED) is 0.571. The van der Waals surface area contributed by atoms with Gasteiger partial charge in [-0.2, -0.15) is 5.26 Å². The number of para-hydroxylation sites is 2. The maximum atomic E-state index is 11.5. The van der Waals surface area contributed by atoms with Crippen LogP contribution in [0.4, 0.5) is 0 Å². The largest absolute Gasteiger partial charge is 0.804 e. The third-order valence-corrected chi connectivity index (χ3v) is 1.91. The summed E-state index contributed by atoms with van der Waals surface area (Å²) in [5.74, 6) is 0. The average molecular weight is 187 g/mol. The van der Waals surface area contributed by atoms with Gasteiger partial charge in [-0.1, -0.05) is 12.1 Å². The highest BCUT2D eigenvalue weighted by molar-refractivity contribution is 5.72. The fourth-order valence-electron chi connectivity index (χ4n) is 1.26. The topological polar surface area (TPSA) is 74.8 Å². The van der Waals surface area contributed by atoms with Gasteiger partial charge in [0.05, 0.1) is 4.43 Å². The van der Waals surface area contributed by atoms with Gasteiger partial charge in [0.2, 0.25) is 0 Å². The van der Waals surface area contributed by atoms with E-state index in [0.29, 0.717) is 9.16 Å². The zero-order chi connectivity index (χ0) is 10.1. The van der Waals surface area contributed by atoms with Gasteiger partial charge in [-0.3, -0.25) is 0 Å². The second kappa shape index (κ2) is 2.85. The summed E-state index contributed by atoms with van der Waals surface area (Å²) in [4.78, 5) is 11.3. The molecule has 0 aliphatic rings. The van der Waals surface area contributed by atoms with E-state index in [1.54, 1.807) is 18.2 Å². The summed E-state index contributed by atoms with van der Waals surface area (Å²) < 4.78 is 0.964. The van der Waals surface area contributed by atoms with Crippen LogP contribution in [0.3, 0.4) is 0 Å². The lowest BCUT2D eigenvalue weighted by Gasteiger charge is -2.11. The number of nitriles is 1. The highest BCUT2D eigenvalue weighted by atomic mass is 16.5. The summed E-state index contributed by atoms with van der Waals surface area (Å²) in [7, 11) is 0. The van der Waals surface area contributed by atoms with Crippen LogP contribution in [-0.2, 0) is 0 Å². The highest BCUT2D eigenvalue weighted by Crippen LogP contribution is 2.09. The SMILES string of the molecule is N#Cc1c[n+](=O)c2ccccc2n1[O-]. The van der Waals surface area contributed by atoms with Crippen molar-refractivity contribution in [2.75, 3.05) is 0 Å². The Kier molecular flexibility index (Phi) is 1.68. The van der Waals surface area contributed by atoms with Gasteiger partial charge in [-0.15, -0.1) is 0 Å². The molecule has 0 amide bonds. The van der Waals surface area contributed by atoms with Gasteiger partial charge >= 0.3 is 0 Å². The average Bonchev–Trinajstić information content (AvgIpc) is 2.23. The second-order valence-corrected chi connectivity index (χ2v) is 2.74.